The van der Waals surface area contributed by atoms with E-state index < -0.39 is 0 Å². The molecule has 0 heterocycles. The molecular formula is C19H34N2. The van der Waals surface area contributed by atoms with Crippen LogP contribution in [-0.4, -0.2) is 31.1 Å². The van der Waals surface area contributed by atoms with Gasteiger partial charge in [0, 0.05) is 18.6 Å². The van der Waals surface area contributed by atoms with E-state index in [9.17, 15) is 0 Å². The number of aryl methyl sites for hydroxylation is 1. The third-order valence-corrected chi connectivity index (χ3v) is 4.55. The van der Waals surface area contributed by atoms with Gasteiger partial charge in [-0.2, -0.15) is 0 Å². The minimum absolute atomic E-state index is 0.457. The first kappa shape index (κ1) is 18.2. The number of nitrogens with one attached hydrogen (secondary N) is 1. The molecular weight excluding hydrogens is 256 g/mol. The lowest BCUT2D eigenvalue weighted by atomic mass is 10.0. The summed E-state index contributed by atoms with van der Waals surface area (Å²) in [6.07, 6.45) is 4.99. The van der Waals surface area contributed by atoms with Crippen LogP contribution in [0.3, 0.4) is 0 Å². The van der Waals surface area contributed by atoms with Gasteiger partial charge in [-0.3, -0.25) is 0 Å². The molecule has 2 heteroatoms. The molecule has 1 aromatic carbocycles. The summed E-state index contributed by atoms with van der Waals surface area (Å²) in [6, 6.07) is 10.1. The fourth-order valence-corrected chi connectivity index (χ4v) is 2.74. The molecule has 1 aromatic rings. The molecule has 0 fully saturated rings. The second-order valence-corrected chi connectivity index (χ2v) is 6.19. The lowest BCUT2D eigenvalue weighted by molar-refractivity contribution is 0.191. The van der Waals surface area contributed by atoms with Crippen molar-refractivity contribution >= 4 is 0 Å². The van der Waals surface area contributed by atoms with Gasteiger partial charge in [0.2, 0.25) is 0 Å². The van der Waals surface area contributed by atoms with Crippen molar-refractivity contribution in [1.82, 2.24) is 10.2 Å². The van der Waals surface area contributed by atoms with Gasteiger partial charge < -0.3 is 10.2 Å². The van der Waals surface area contributed by atoms with Crippen LogP contribution in [0.25, 0.3) is 0 Å². The average molecular weight is 290 g/mol. The van der Waals surface area contributed by atoms with E-state index >= 15 is 0 Å². The van der Waals surface area contributed by atoms with Crippen molar-refractivity contribution in [3.63, 3.8) is 0 Å². The minimum Gasteiger partial charge on any atom is -0.313 e. The Labute approximate surface area is 131 Å². The first-order valence-electron chi connectivity index (χ1n) is 8.60. The minimum atomic E-state index is 0.457. The summed E-state index contributed by atoms with van der Waals surface area (Å²) in [7, 11) is 2.07. The number of hydrogen-bond donors (Lipinski definition) is 1. The van der Waals surface area contributed by atoms with Crippen molar-refractivity contribution in [2.45, 2.75) is 65.5 Å². The number of hydrogen-bond acceptors (Lipinski definition) is 2. The van der Waals surface area contributed by atoms with E-state index in [2.05, 4.69) is 69.2 Å². The Kier molecular flexibility index (Phi) is 8.63. The van der Waals surface area contributed by atoms with Crippen LogP contribution in [-0.2, 0) is 0 Å². The molecule has 0 aliphatic rings. The van der Waals surface area contributed by atoms with Crippen molar-refractivity contribution in [3.05, 3.63) is 35.4 Å². The summed E-state index contributed by atoms with van der Waals surface area (Å²) in [4.78, 5) is 2.65. The van der Waals surface area contributed by atoms with Crippen molar-refractivity contribution in [1.29, 1.82) is 0 Å². The molecule has 1 N–H and O–H groups in total. The van der Waals surface area contributed by atoms with Gasteiger partial charge in [-0.15, -0.1) is 0 Å². The number of unbranched alkanes of at least 4 members (excludes halogenated alkanes) is 1. The van der Waals surface area contributed by atoms with Crippen LogP contribution in [0.5, 0.6) is 0 Å². The standard InChI is InChI=1S/C19H34N2/c1-6-8-14-21(17(4)7-2)15-13-19(20-5)18-11-9-16(3)10-12-18/h9-12,17,19-20H,6-8,13-15H2,1-5H3. The summed E-state index contributed by atoms with van der Waals surface area (Å²) in [5.41, 5.74) is 2.74. The van der Waals surface area contributed by atoms with E-state index in [0.29, 0.717) is 12.1 Å². The lowest BCUT2D eigenvalue weighted by Gasteiger charge is -2.30. The van der Waals surface area contributed by atoms with Gasteiger partial charge in [0.05, 0.1) is 0 Å². The lowest BCUT2D eigenvalue weighted by Crippen LogP contribution is -2.36. The predicted octanol–water partition coefficient (Wildman–Crippen LogP) is 4.55. The third-order valence-electron chi connectivity index (χ3n) is 4.55. The van der Waals surface area contributed by atoms with Gasteiger partial charge in [-0.25, -0.2) is 0 Å². The zero-order chi connectivity index (χ0) is 15.7. The van der Waals surface area contributed by atoms with Crippen molar-refractivity contribution in [3.8, 4) is 0 Å². The van der Waals surface area contributed by atoms with E-state index in [4.69, 9.17) is 0 Å². The molecule has 0 spiro atoms. The quantitative estimate of drug-likeness (QED) is 0.680. The van der Waals surface area contributed by atoms with E-state index in [0.717, 1.165) is 0 Å². The van der Waals surface area contributed by atoms with Crippen LogP contribution in [0.1, 0.15) is 63.6 Å². The fraction of sp³-hybridized carbons (Fsp3) is 0.684. The molecule has 0 saturated heterocycles. The average Bonchev–Trinajstić information content (AvgIpc) is 2.51. The molecule has 1 rings (SSSR count). The molecule has 0 amide bonds. The van der Waals surface area contributed by atoms with Crippen molar-refractivity contribution < 1.29 is 0 Å². The molecule has 0 bridgehead atoms. The van der Waals surface area contributed by atoms with E-state index in [1.54, 1.807) is 0 Å². The summed E-state index contributed by atoms with van der Waals surface area (Å²) >= 11 is 0. The molecule has 21 heavy (non-hydrogen) atoms. The molecule has 2 nitrogen and oxygen atoms in total. The maximum atomic E-state index is 3.48. The van der Waals surface area contributed by atoms with Crippen LogP contribution in [0, 0.1) is 6.92 Å². The van der Waals surface area contributed by atoms with Gasteiger partial charge in [-0.1, -0.05) is 50.1 Å². The summed E-state index contributed by atoms with van der Waals surface area (Å²) in [5.74, 6) is 0. The van der Waals surface area contributed by atoms with Gasteiger partial charge in [-0.05, 0) is 52.3 Å². The van der Waals surface area contributed by atoms with Gasteiger partial charge in [0.25, 0.3) is 0 Å². The Balaban J connectivity index is 2.60. The Morgan fingerprint density at radius 1 is 1.10 bits per heavy atom. The summed E-state index contributed by atoms with van der Waals surface area (Å²) in [6.45, 7) is 11.5. The summed E-state index contributed by atoms with van der Waals surface area (Å²) < 4.78 is 0. The van der Waals surface area contributed by atoms with Crippen LogP contribution in [0.2, 0.25) is 0 Å². The van der Waals surface area contributed by atoms with Crippen molar-refractivity contribution in [2.75, 3.05) is 20.1 Å². The van der Waals surface area contributed by atoms with Crippen LogP contribution < -0.4 is 5.32 Å². The SMILES string of the molecule is CCCCN(CCC(NC)c1ccc(C)cc1)C(C)CC. The molecule has 0 aliphatic heterocycles. The molecule has 0 aromatic heterocycles. The monoisotopic (exact) mass is 290 g/mol. The smallest absolute Gasteiger partial charge is 0.0329 e. The van der Waals surface area contributed by atoms with Crippen LogP contribution >= 0.6 is 0 Å². The van der Waals surface area contributed by atoms with Gasteiger partial charge in [0.1, 0.15) is 0 Å². The normalized spacial score (nSPS) is 14.4. The number of nitrogens with zero attached hydrogens (tertiary/aromatic N) is 1. The zero-order valence-electron chi connectivity index (χ0n) is 14.7. The highest BCUT2D eigenvalue weighted by molar-refractivity contribution is 5.24. The van der Waals surface area contributed by atoms with Gasteiger partial charge >= 0.3 is 0 Å². The Hall–Kier alpha value is -0.860. The van der Waals surface area contributed by atoms with Crippen LogP contribution in [0.4, 0.5) is 0 Å². The highest BCUT2D eigenvalue weighted by Crippen LogP contribution is 2.19. The van der Waals surface area contributed by atoms with E-state index in [1.165, 1.54) is 49.9 Å². The molecule has 0 aliphatic carbocycles. The van der Waals surface area contributed by atoms with E-state index in [1.807, 2.05) is 0 Å². The maximum Gasteiger partial charge on any atom is 0.0329 e. The Morgan fingerprint density at radius 2 is 1.76 bits per heavy atom. The van der Waals surface area contributed by atoms with E-state index in [-0.39, 0.29) is 0 Å². The largest absolute Gasteiger partial charge is 0.313 e. The van der Waals surface area contributed by atoms with Gasteiger partial charge in [0.15, 0.2) is 0 Å². The highest BCUT2D eigenvalue weighted by atomic mass is 15.1. The zero-order valence-corrected chi connectivity index (χ0v) is 14.7. The summed E-state index contributed by atoms with van der Waals surface area (Å²) in [5, 5.41) is 3.48. The maximum absolute atomic E-state index is 3.48. The molecule has 0 radical (unpaired) electrons. The fourth-order valence-electron chi connectivity index (χ4n) is 2.74. The molecule has 120 valence electrons. The number of rotatable bonds is 10. The second kappa shape index (κ2) is 9.97. The van der Waals surface area contributed by atoms with Crippen LogP contribution in [0.15, 0.2) is 24.3 Å². The first-order chi connectivity index (χ1) is 10.1. The molecule has 0 saturated carbocycles. The first-order valence-corrected chi connectivity index (χ1v) is 8.60. The second-order valence-electron chi connectivity index (χ2n) is 6.19. The Bertz CT molecular complexity index is 372. The highest BCUT2D eigenvalue weighted by Gasteiger charge is 2.15. The van der Waals surface area contributed by atoms with Crippen molar-refractivity contribution in [2.24, 2.45) is 0 Å². The third kappa shape index (κ3) is 6.19. The topological polar surface area (TPSA) is 15.3 Å². The Morgan fingerprint density at radius 3 is 2.29 bits per heavy atom. The predicted molar refractivity (Wildman–Crippen MR) is 93.8 cm³/mol. The number of benzene rings is 1. The molecule has 2 atom stereocenters. The molecule has 2 unspecified atom stereocenters.